The molecule has 2 unspecified atom stereocenters. The van der Waals surface area contributed by atoms with Gasteiger partial charge in [-0.1, -0.05) is 37.6 Å². The summed E-state index contributed by atoms with van der Waals surface area (Å²) in [6.45, 7) is 8.11. The molecule has 2 aromatic carbocycles. The zero-order valence-corrected chi connectivity index (χ0v) is 21.4. The Morgan fingerprint density at radius 1 is 1.14 bits per heavy atom. The highest BCUT2D eigenvalue weighted by atomic mass is 16.5. The van der Waals surface area contributed by atoms with Crippen molar-refractivity contribution in [3.8, 4) is 5.75 Å². The average Bonchev–Trinajstić information content (AvgIpc) is 3.30. The normalized spacial score (nSPS) is 13.3. The smallest absolute Gasteiger partial charge is 0.257 e. The van der Waals surface area contributed by atoms with E-state index in [2.05, 4.69) is 40.4 Å². The van der Waals surface area contributed by atoms with Crippen molar-refractivity contribution in [2.24, 2.45) is 5.92 Å². The predicted molar refractivity (Wildman–Crippen MR) is 138 cm³/mol. The molecule has 0 spiro atoms. The van der Waals surface area contributed by atoms with E-state index in [1.807, 2.05) is 54.1 Å². The number of tetrazole rings is 1. The first-order valence-electron chi connectivity index (χ1n) is 12.4. The third-order valence-corrected chi connectivity index (χ3v) is 6.59. The molecule has 2 atom stereocenters. The number of ether oxygens (including phenoxy) is 1. The Labute approximate surface area is 210 Å². The van der Waals surface area contributed by atoms with Gasteiger partial charge in [-0.2, -0.15) is 0 Å². The van der Waals surface area contributed by atoms with Gasteiger partial charge in [-0.25, -0.2) is 4.68 Å². The number of quaternary nitrogens is 1. The number of benzene rings is 2. The standard InChI is InChI=1S/C27H34N6O3/c1-18(2)25(26-29-30-31-33(26)16-20-7-9-23(36-4)10-8-20)32(12-5-13-34)17-22-15-21-14-19(3)6-11-24(21)28-27(22)35/h6-11,14-15,18,25,34H,5,12-13,16-17H2,1-4H3,(H,28,35)/p+1. The summed E-state index contributed by atoms with van der Waals surface area (Å²) in [4.78, 5) is 17.2. The van der Waals surface area contributed by atoms with Gasteiger partial charge in [0, 0.05) is 24.5 Å². The monoisotopic (exact) mass is 491 g/mol. The van der Waals surface area contributed by atoms with Gasteiger partial charge in [0.05, 0.1) is 25.8 Å². The van der Waals surface area contributed by atoms with Crippen LogP contribution in [0.25, 0.3) is 10.9 Å². The van der Waals surface area contributed by atoms with Gasteiger partial charge in [-0.15, -0.1) is 5.10 Å². The van der Waals surface area contributed by atoms with Crippen LogP contribution in [-0.2, 0) is 13.1 Å². The third kappa shape index (κ3) is 5.80. The molecule has 3 N–H and O–H groups in total. The third-order valence-electron chi connectivity index (χ3n) is 6.59. The highest BCUT2D eigenvalue weighted by Gasteiger charge is 2.33. The summed E-state index contributed by atoms with van der Waals surface area (Å²) in [5.74, 6) is 1.76. The molecule has 0 aliphatic carbocycles. The SMILES string of the molecule is COc1ccc(Cn2nnnc2C(C(C)C)[NH+](CCCO)Cc2cc3cc(C)ccc3[nH]c2=O)cc1. The summed E-state index contributed by atoms with van der Waals surface area (Å²) in [7, 11) is 1.65. The summed E-state index contributed by atoms with van der Waals surface area (Å²) < 4.78 is 7.10. The maximum atomic E-state index is 13.0. The first-order chi connectivity index (χ1) is 17.4. The minimum Gasteiger partial charge on any atom is -0.497 e. The van der Waals surface area contributed by atoms with Crippen molar-refractivity contribution in [1.82, 2.24) is 25.2 Å². The van der Waals surface area contributed by atoms with Crippen LogP contribution in [0.3, 0.4) is 0 Å². The van der Waals surface area contributed by atoms with Gasteiger partial charge in [0.25, 0.3) is 5.56 Å². The van der Waals surface area contributed by atoms with Gasteiger partial charge in [-0.05, 0) is 58.6 Å². The fraction of sp³-hybridized carbons (Fsp3) is 0.407. The van der Waals surface area contributed by atoms with Crippen LogP contribution in [-0.4, -0.2) is 50.6 Å². The number of pyridine rings is 1. The first kappa shape index (κ1) is 25.5. The highest BCUT2D eigenvalue weighted by molar-refractivity contribution is 5.79. The molecule has 190 valence electrons. The van der Waals surface area contributed by atoms with E-state index < -0.39 is 0 Å². The number of aromatic amines is 1. The number of aliphatic hydroxyl groups is 1. The van der Waals surface area contributed by atoms with Crippen molar-refractivity contribution in [2.75, 3.05) is 20.3 Å². The summed E-state index contributed by atoms with van der Waals surface area (Å²) in [6.07, 6.45) is 0.614. The van der Waals surface area contributed by atoms with E-state index in [0.717, 1.165) is 38.5 Å². The van der Waals surface area contributed by atoms with E-state index in [0.29, 0.717) is 31.6 Å². The maximum absolute atomic E-state index is 13.0. The molecule has 0 radical (unpaired) electrons. The number of aromatic nitrogens is 5. The van der Waals surface area contributed by atoms with Gasteiger partial charge in [-0.3, -0.25) is 4.79 Å². The Kier molecular flexibility index (Phi) is 8.12. The number of fused-ring (bicyclic) bond motifs is 1. The number of nitrogens with one attached hydrogen (secondary N) is 2. The zero-order valence-electron chi connectivity index (χ0n) is 21.4. The second-order valence-electron chi connectivity index (χ2n) is 9.64. The fourth-order valence-corrected chi connectivity index (χ4v) is 4.81. The van der Waals surface area contributed by atoms with Crippen LogP contribution in [0.2, 0.25) is 0 Å². The molecule has 2 heterocycles. The molecular formula is C27H35N6O3+. The number of aliphatic hydroxyl groups excluding tert-OH is 1. The quantitative estimate of drug-likeness (QED) is 0.296. The Hall–Kier alpha value is -3.56. The summed E-state index contributed by atoms with van der Waals surface area (Å²) in [5, 5.41) is 23.3. The van der Waals surface area contributed by atoms with Crippen molar-refractivity contribution in [3.05, 3.63) is 81.4 Å². The molecule has 9 nitrogen and oxygen atoms in total. The molecule has 36 heavy (non-hydrogen) atoms. The minimum absolute atomic E-state index is 0.0718. The van der Waals surface area contributed by atoms with Crippen LogP contribution in [0.1, 0.15) is 48.8 Å². The lowest BCUT2D eigenvalue weighted by Crippen LogP contribution is -3.12. The Morgan fingerprint density at radius 3 is 2.61 bits per heavy atom. The van der Waals surface area contributed by atoms with Crippen LogP contribution in [0.15, 0.2) is 53.3 Å². The van der Waals surface area contributed by atoms with Crippen LogP contribution in [0.5, 0.6) is 5.75 Å². The van der Waals surface area contributed by atoms with E-state index in [1.165, 1.54) is 0 Å². The number of aryl methyl sites for hydroxylation is 1. The summed E-state index contributed by atoms with van der Waals surface area (Å²) in [5.41, 5.74) is 3.65. The molecule has 4 rings (SSSR count). The van der Waals surface area contributed by atoms with Gasteiger partial charge in [0.1, 0.15) is 12.3 Å². The topological polar surface area (TPSA) is 110 Å². The highest BCUT2D eigenvalue weighted by Crippen LogP contribution is 2.19. The number of nitrogens with zero attached hydrogens (tertiary/aromatic N) is 4. The van der Waals surface area contributed by atoms with E-state index >= 15 is 0 Å². The van der Waals surface area contributed by atoms with Gasteiger partial charge in [0.2, 0.25) is 5.82 Å². The molecule has 0 aliphatic heterocycles. The number of rotatable bonds is 11. The van der Waals surface area contributed by atoms with Crippen LogP contribution in [0.4, 0.5) is 0 Å². The molecule has 2 aromatic heterocycles. The molecule has 9 heteroatoms. The van der Waals surface area contributed by atoms with Crippen molar-refractivity contribution in [1.29, 1.82) is 0 Å². The molecule has 0 bridgehead atoms. The lowest BCUT2D eigenvalue weighted by atomic mass is 10.00. The van der Waals surface area contributed by atoms with Crippen molar-refractivity contribution in [3.63, 3.8) is 0 Å². The molecule has 0 fully saturated rings. The van der Waals surface area contributed by atoms with Crippen molar-refractivity contribution < 1.29 is 14.7 Å². The lowest BCUT2D eigenvalue weighted by Gasteiger charge is -2.30. The molecule has 0 saturated heterocycles. The summed E-state index contributed by atoms with van der Waals surface area (Å²) >= 11 is 0. The summed E-state index contributed by atoms with van der Waals surface area (Å²) in [6, 6.07) is 15.8. The Morgan fingerprint density at radius 2 is 1.92 bits per heavy atom. The second-order valence-corrected chi connectivity index (χ2v) is 9.64. The Balaban J connectivity index is 1.67. The van der Waals surface area contributed by atoms with Gasteiger partial charge < -0.3 is 19.7 Å². The number of methoxy groups -OCH3 is 1. The predicted octanol–water partition coefficient (Wildman–Crippen LogP) is 2.04. The van der Waals surface area contributed by atoms with Crippen LogP contribution < -0.4 is 15.2 Å². The molecule has 4 aromatic rings. The second kappa shape index (κ2) is 11.5. The van der Waals surface area contributed by atoms with E-state index in [-0.39, 0.29) is 24.1 Å². The van der Waals surface area contributed by atoms with Crippen molar-refractivity contribution >= 4 is 10.9 Å². The average molecular weight is 492 g/mol. The Bertz CT molecular complexity index is 1350. The largest absolute Gasteiger partial charge is 0.497 e. The molecule has 0 aliphatic rings. The number of hydrogen-bond acceptors (Lipinski definition) is 6. The number of hydrogen-bond donors (Lipinski definition) is 3. The maximum Gasteiger partial charge on any atom is 0.257 e. The lowest BCUT2D eigenvalue weighted by molar-refractivity contribution is -0.950. The van der Waals surface area contributed by atoms with E-state index in [4.69, 9.17) is 4.74 Å². The van der Waals surface area contributed by atoms with Crippen molar-refractivity contribution in [2.45, 2.75) is 46.3 Å². The molecule has 0 saturated carbocycles. The van der Waals surface area contributed by atoms with Gasteiger partial charge >= 0.3 is 0 Å². The fourth-order valence-electron chi connectivity index (χ4n) is 4.81. The number of H-pyrrole nitrogens is 1. The van der Waals surface area contributed by atoms with Gasteiger partial charge in [0.15, 0.2) is 6.04 Å². The van der Waals surface area contributed by atoms with Crippen LogP contribution in [0, 0.1) is 12.8 Å². The molecular weight excluding hydrogens is 456 g/mol. The first-order valence-corrected chi connectivity index (χ1v) is 12.4. The minimum atomic E-state index is -0.0896. The molecule has 0 amide bonds. The zero-order chi connectivity index (χ0) is 25.7. The van der Waals surface area contributed by atoms with Crippen LogP contribution >= 0.6 is 0 Å². The van der Waals surface area contributed by atoms with E-state index in [1.54, 1.807) is 7.11 Å². The van der Waals surface area contributed by atoms with E-state index in [9.17, 15) is 9.90 Å².